The minimum Gasteiger partial charge on any atom is -0.481 e. The molecule has 0 aromatic carbocycles. The average molecular weight is 365 g/mol. The Morgan fingerprint density at radius 2 is 1.92 bits per heavy atom. The van der Waals surface area contributed by atoms with Crippen molar-refractivity contribution >= 4 is 11.8 Å². The smallest absolute Gasteiger partial charge is 0.303 e. The Hall–Kier alpha value is -1.42. The molecule has 0 aromatic rings. The molecule has 0 aliphatic heterocycles. The highest BCUT2D eigenvalue weighted by atomic mass is 16.4. The van der Waals surface area contributed by atoms with Crippen LogP contribution in [0, 0.1) is 11.8 Å². The maximum absolute atomic E-state index is 12.1. The molecule has 1 rings (SSSR count). The van der Waals surface area contributed by atoms with Crippen LogP contribution in [0.5, 0.6) is 0 Å². The molecule has 2 N–H and O–H groups in total. The van der Waals surface area contributed by atoms with Gasteiger partial charge in [-0.15, -0.1) is 0 Å². The third-order valence-electron chi connectivity index (χ3n) is 5.17. The van der Waals surface area contributed by atoms with Gasteiger partial charge in [0.2, 0.25) is 0 Å². The number of ketones is 1. The second-order valence-electron chi connectivity index (χ2n) is 7.41. The number of aliphatic carboxylic acids is 1. The molecule has 0 radical (unpaired) electrons. The quantitative estimate of drug-likeness (QED) is 0.334. The fourth-order valence-corrected chi connectivity index (χ4v) is 3.58. The van der Waals surface area contributed by atoms with Crippen molar-refractivity contribution in [1.82, 2.24) is 0 Å². The van der Waals surface area contributed by atoms with Gasteiger partial charge in [-0.1, -0.05) is 63.3 Å². The number of aliphatic hydroxyl groups excluding tert-OH is 1. The molecular weight excluding hydrogens is 328 g/mol. The van der Waals surface area contributed by atoms with Crippen LogP contribution in [0.4, 0.5) is 0 Å². The minimum atomic E-state index is -0.783. The molecule has 4 heteroatoms. The van der Waals surface area contributed by atoms with Crippen LogP contribution in [0.1, 0.15) is 84.0 Å². The van der Waals surface area contributed by atoms with E-state index in [0.29, 0.717) is 18.6 Å². The first kappa shape index (κ1) is 22.6. The number of hydrogen-bond donors (Lipinski definition) is 2. The first-order chi connectivity index (χ1) is 12.5. The van der Waals surface area contributed by atoms with Crippen molar-refractivity contribution in [2.75, 3.05) is 0 Å². The van der Waals surface area contributed by atoms with Gasteiger partial charge in [-0.2, -0.15) is 0 Å². The maximum atomic E-state index is 12.1. The van der Waals surface area contributed by atoms with Crippen LogP contribution in [-0.2, 0) is 9.59 Å². The third kappa shape index (κ3) is 9.91. The Labute approximate surface area is 158 Å². The van der Waals surface area contributed by atoms with E-state index in [2.05, 4.69) is 13.0 Å². The van der Waals surface area contributed by atoms with Crippen molar-refractivity contribution in [3.05, 3.63) is 24.3 Å². The molecular formula is C22H36O4. The summed E-state index contributed by atoms with van der Waals surface area (Å²) in [6, 6.07) is 0. The lowest BCUT2D eigenvalue weighted by Crippen LogP contribution is -2.13. The lowest BCUT2D eigenvalue weighted by Gasteiger charge is -2.14. The van der Waals surface area contributed by atoms with E-state index in [1.165, 1.54) is 25.7 Å². The van der Waals surface area contributed by atoms with Crippen molar-refractivity contribution < 1.29 is 19.8 Å². The molecule has 1 aliphatic carbocycles. The number of allylic oxidation sites excluding steroid dienone is 3. The van der Waals surface area contributed by atoms with Crippen LogP contribution < -0.4 is 0 Å². The highest BCUT2D eigenvalue weighted by Gasteiger charge is 2.32. The number of Topliss-reactive ketones (excluding diaryl/α,β-unsaturated/α-hetero) is 1. The number of unbranched alkanes of at least 4 members (excludes halogenated alkanes) is 4. The number of carbonyl (C=O) groups is 2. The van der Waals surface area contributed by atoms with Gasteiger partial charge in [-0.25, -0.2) is 0 Å². The molecule has 26 heavy (non-hydrogen) atoms. The van der Waals surface area contributed by atoms with Crippen molar-refractivity contribution in [2.24, 2.45) is 11.8 Å². The third-order valence-corrected chi connectivity index (χ3v) is 5.17. The fraction of sp³-hybridized carbons (Fsp3) is 0.727. The monoisotopic (exact) mass is 364 g/mol. The average Bonchev–Trinajstić information content (AvgIpc) is 2.95. The Morgan fingerprint density at radius 1 is 1.19 bits per heavy atom. The molecule has 0 saturated heterocycles. The minimum absolute atomic E-state index is 0.0483. The summed E-state index contributed by atoms with van der Waals surface area (Å²) in [5, 5.41) is 18.7. The second-order valence-corrected chi connectivity index (χ2v) is 7.41. The first-order valence-electron chi connectivity index (χ1n) is 10.3. The number of carboxylic acids is 1. The van der Waals surface area contributed by atoms with Crippen LogP contribution in [0.2, 0.25) is 0 Å². The largest absolute Gasteiger partial charge is 0.481 e. The summed E-state index contributed by atoms with van der Waals surface area (Å²) in [6.45, 7) is 2.20. The number of hydrogen-bond acceptors (Lipinski definition) is 3. The molecule has 4 nitrogen and oxygen atoms in total. The van der Waals surface area contributed by atoms with E-state index >= 15 is 0 Å². The molecule has 0 bridgehead atoms. The summed E-state index contributed by atoms with van der Waals surface area (Å²) in [7, 11) is 0. The highest BCUT2D eigenvalue weighted by molar-refractivity contribution is 5.83. The summed E-state index contributed by atoms with van der Waals surface area (Å²) >= 11 is 0. The predicted octanol–water partition coefficient (Wildman–Crippen LogP) is 5.06. The Bertz CT molecular complexity index is 467. The van der Waals surface area contributed by atoms with E-state index in [-0.39, 0.29) is 18.3 Å². The summed E-state index contributed by atoms with van der Waals surface area (Å²) in [5.41, 5.74) is 0. The van der Waals surface area contributed by atoms with Gasteiger partial charge >= 0.3 is 5.97 Å². The van der Waals surface area contributed by atoms with E-state index in [1.54, 1.807) is 0 Å². The van der Waals surface area contributed by atoms with E-state index < -0.39 is 12.1 Å². The molecule has 0 aromatic heterocycles. The van der Waals surface area contributed by atoms with Crippen molar-refractivity contribution in [3.63, 3.8) is 0 Å². The fourth-order valence-electron chi connectivity index (χ4n) is 3.58. The summed E-state index contributed by atoms with van der Waals surface area (Å²) < 4.78 is 0. The van der Waals surface area contributed by atoms with E-state index in [1.807, 2.05) is 18.2 Å². The molecule has 3 unspecified atom stereocenters. The van der Waals surface area contributed by atoms with Crippen LogP contribution >= 0.6 is 0 Å². The maximum Gasteiger partial charge on any atom is 0.303 e. The van der Waals surface area contributed by atoms with E-state index in [9.17, 15) is 14.7 Å². The van der Waals surface area contributed by atoms with Crippen LogP contribution in [0.3, 0.4) is 0 Å². The van der Waals surface area contributed by atoms with E-state index in [0.717, 1.165) is 32.1 Å². The molecule has 1 fully saturated rings. The lowest BCUT2D eigenvalue weighted by molar-refractivity contribution is -0.136. The standard InChI is InChI=1S/C22H36O4/c1-2-3-4-5-8-11-19(23)16-14-18-15-17-21(24)20(18)12-9-6-7-10-13-22(25)26/h6-7,14,16,18-20,23H,2-5,8-13,15,17H2,1H3,(H,25,26)/b7-6-,16-14+. The first-order valence-corrected chi connectivity index (χ1v) is 10.3. The van der Waals surface area contributed by atoms with Gasteiger partial charge in [-0.3, -0.25) is 9.59 Å². The van der Waals surface area contributed by atoms with Gasteiger partial charge in [0.05, 0.1) is 6.10 Å². The predicted molar refractivity (Wildman–Crippen MR) is 105 cm³/mol. The normalized spacial score (nSPS) is 21.8. The summed E-state index contributed by atoms with van der Waals surface area (Å²) in [4.78, 5) is 22.6. The number of aliphatic hydroxyl groups is 1. The molecule has 0 amide bonds. The van der Waals surface area contributed by atoms with Crippen LogP contribution in [0.15, 0.2) is 24.3 Å². The Balaban J connectivity index is 2.30. The van der Waals surface area contributed by atoms with Gasteiger partial charge in [0, 0.05) is 18.8 Å². The molecule has 1 saturated carbocycles. The molecule has 3 atom stereocenters. The zero-order valence-electron chi connectivity index (χ0n) is 16.2. The van der Waals surface area contributed by atoms with Gasteiger partial charge in [0.15, 0.2) is 0 Å². The zero-order valence-corrected chi connectivity index (χ0v) is 16.2. The van der Waals surface area contributed by atoms with Crippen LogP contribution in [-0.4, -0.2) is 28.1 Å². The van der Waals surface area contributed by atoms with Gasteiger partial charge in [0.25, 0.3) is 0 Å². The van der Waals surface area contributed by atoms with Gasteiger partial charge < -0.3 is 10.2 Å². The Kier molecular flexibility index (Phi) is 12.0. The summed E-state index contributed by atoms with van der Waals surface area (Å²) in [5.74, 6) is -0.167. The number of carbonyl (C=O) groups excluding carboxylic acids is 1. The van der Waals surface area contributed by atoms with Crippen LogP contribution in [0.25, 0.3) is 0 Å². The van der Waals surface area contributed by atoms with E-state index in [4.69, 9.17) is 5.11 Å². The number of rotatable bonds is 14. The molecule has 0 heterocycles. The Morgan fingerprint density at radius 3 is 2.65 bits per heavy atom. The van der Waals surface area contributed by atoms with Gasteiger partial charge in [-0.05, 0) is 38.0 Å². The summed E-state index contributed by atoms with van der Waals surface area (Å²) in [6.07, 6.45) is 18.0. The molecule has 1 aliphatic rings. The van der Waals surface area contributed by atoms with Crippen molar-refractivity contribution in [1.29, 1.82) is 0 Å². The van der Waals surface area contributed by atoms with Gasteiger partial charge in [0.1, 0.15) is 5.78 Å². The lowest BCUT2D eigenvalue weighted by atomic mass is 9.90. The van der Waals surface area contributed by atoms with Crippen molar-refractivity contribution in [2.45, 2.75) is 90.1 Å². The topological polar surface area (TPSA) is 74.6 Å². The van der Waals surface area contributed by atoms with Crippen molar-refractivity contribution in [3.8, 4) is 0 Å². The molecule has 148 valence electrons. The SMILES string of the molecule is CCCCCCCC(O)/C=C/C1CCC(=O)C1CC/C=C\CCC(=O)O. The highest BCUT2D eigenvalue weighted by Crippen LogP contribution is 2.33. The number of carboxylic acid groups (broad SMARTS) is 1. The zero-order chi connectivity index (χ0) is 19.2. The molecule has 0 spiro atoms. The second kappa shape index (κ2) is 13.7.